The second-order valence-corrected chi connectivity index (χ2v) is 12.8. The maximum absolute atomic E-state index is 9.39. The van der Waals surface area contributed by atoms with E-state index in [-0.39, 0.29) is 30.4 Å². The molecular weight excluding hydrogens is 412 g/mol. The summed E-state index contributed by atoms with van der Waals surface area (Å²) in [6.45, 7) is 9.40. The predicted octanol–water partition coefficient (Wildman–Crippen LogP) is -2.58. The fourth-order valence-corrected chi connectivity index (χ4v) is 11.6. The minimum Gasteiger partial charge on any atom is -1.00 e. The fraction of sp³-hybridized carbons (Fsp3) is 0.500. The molecule has 0 saturated carbocycles. The smallest absolute Gasteiger partial charge is 1.00 e. The Bertz CT molecular complexity index is 615. The van der Waals surface area contributed by atoms with E-state index in [4.69, 9.17) is 0 Å². The summed E-state index contributed by atoms with van der Waals surface area (Å²) < 4.78 is 0.650. The van der Waals surface area contributed by atoms with Crippen molar-refractivity contribution >= 4 is 19.0 Å². The van der Waals surface area contributed by atoms with Crippen molar-refractivity contribution in [3.63, 3.8) is 0 Å². The van der Waals surface area contributed by atoms with Crippen molar-refractivity contribution < 1.29 is 54.6 Å². The number of benzene rings is 1. The summed E-state index contributed by atoms with van der Waals surface area (Å²) in [6.07, 6.45) is 0. The van der Waals surface area contributed by atoms with Crippen LogP contribution in [0, 0.1) is 0 Å². The van der Waals surface area contributed by atoms with E-state index in [1.165, 1.54) is 16.8 Å². The molecule has 0 spiro atoms. The molecule has 1 heterocycles. The van der Waals surface area contributed by atoms with E-state index in [0.29, 0.717) is 10.2 Å². The van der Waals surface area contributed by atoms with E-state index in [1.54, 1.807) is 35.1 Å². The standard InChI is InChI=1S/C16H22NOSi.2ClH.Zr/c1-16(2,3)17-12-7-5-6-11-10-13-15(14(11)12)19(13,4)9-8-18;;;/h5-7,10,17-18H,8-9H2,1-4H3;2*1H;/q;;;+2/p-2. The summed E-state index contributed by atoms with van der Waals surface area (Å²) in [5.41, 5.74) is 4.38. The molecule has 1 aromatic rings. The Hall–Kier alpha value is 0.400. The summed E-state index contributed by atoms with van der Waals surface area (Å²) in [4.78, 5) is 0. The van der Waals surface area contributed by atoms with Crippen LogP contribution in [0.4, 0.5) is 5.69 Å². The normalized spacial score (nSPS) is 25.0. The van der Waals surface area contributed by atoms with E-state index >= 15 is 0 Å². The van der Waals surface area contributed by atoms with Crippen LogP contribution in [0.15, 0.2) is 23.4 Å². The first kappa shape index (κ1) is 20.4. The van der Waals surface area contributed by atoms with Gasteiger partial charge in [0.1, 0.15) is 0 Å². The third-order valence-corrected chi connectivity index (χ3v) is 10.9. The van der Waals surface area contributed by atoms with E-state index in [0.717, 1.165) is 6.04 Å². The van der Waals surface area contributed by atoms with Gasteiger partial charge in [0.2, 0.25) is 0 Å². The molecule has 3 rings (SSSR count). The van der Waals surface area contributed by atoms with Crippen molar-refractivity contribution in [1.29, 1.82) is 0 Å². The zero-order chi connectivity index (χ0) is 14.7. The molecule has 0 radical (unpaired) electrons. The first-order valence-electron chi connectivity index (χ1n) is 7.28. The molecule has 2 nitrogen and oxygen atoms in total. The Morgan fingerprint density at radius 3 is 2.45 bits per heavy atom. The van der Waals surface area contributed by atoms with Crippen molar-refractivity contribution in [1.82, 2.24) is 0 Å². The molecule has 1 aromatic carbocycles. The second kappa shape index (κ2) is 6.72. The Balaban J connectivity index is 0.00000121. The number of hydrogen-bond acceptors (Lipinski definition) is 2. The van der Waals surface area contributed by atoms with Crippen molar-refractivity contribution in [3.05, 3.63) is 34.5 Å². The molecule has 1 aliphatic heterocycles. The van der Waals surface area contributed by atoms with Crippen molar-refractivity contribution in [2.75, 3.05) is 11.9 Å². The number of halogens is 2. The average molecular weight is 435 g/mol. The van der Waals surface area contributed by atoms with Crippen LogP contribution in [-0.4, -0.2) is 25.3 Å². The second-order valence-electron chi connectivity index (χ2n) is 7.17. The molecule has 0 fully saturated rings. The number of hydrogen-bond donors (Lipinski definition) is 2. The van der Waals surface area contributed by atoms with Gasteiger partial charge < -0.3 is 24.8 Å². The number of nitrogens with one attached hydrogen (secondary N) is 1. The molecule has 2 aliphatic rings. The number of rotatable bonds is 3. The van der Waals surface area contributed by atoms with Crippen molar-refractivity contribution in [2.24, 2.45) is 0 Å². The van der Waals surface area contributed by atoms with E-state index in [9.17, 15) is 5.11 Å². The molecule has 2 unspecified atom stereocenters. The Morgan fingerprint density at radius 1 is 1.27 bits per heavy atom. The average Bonchev–Trinajstić information content (AvgIpc) is 2.76. The molecule has 2 N–H and O–H groups in total. The van der Waals surface area contributed by atoms with Crippen molar-refractivity contribution in [2.45, 2.75) is 42.5 Å². The van der Waals surface area contributed by atoms with Crippen LogP contribution in [0.5, 0.6) is 0 Å². The van der Waals surface area contributed by atoms with Crippen LogP contribution in [-0.2, 0) is 24.7 Å². The van der Waals surface area contributed by atoms with Crippen LogP contribution in [0.1, 0.15) is 35.5 Å². The topological polar surface area (TPSA) is 32.3 Å². The monoisotopic (exact) mass is 432 g/mol. The van der Waals surface area contributed by atoms with E-state index < -0.39 is 8.07 Å². The van der Waals surface area contributed by atoms with Gasteiger partial charge in [-0.25, -0.2) is 0 Å². The van der Waals surface area contributed by atoms with Gasteiger partial charge in [-0.05, 0) is 0 Å². The van der Waals surface area contributed by atoms with Crippen LogP contribution in [0.3, 0.4) is 0 Å². The molecule has 0 saturated heterocycles. The summed E-state index contributed by atoms with van der Waals surface area (Å²) in [5.74, 6) is 0. The van der Waals surface area contributed by atoms with Crippen LogP contribution in [0.25, 0.3) is 5.20 Å². The van der Waals surface area contributed by atoms with Gasteiger partial charge in [0.05, 0.1) is 0 Å². The van der Waals surface area contributed by atoms with Gasteiger partial charge in [-0.1, -0.05) is 0 Å². The third kappa shape index (κ3) is 3.15. The Labute approximate surface area is 161 Å². The van der Waals surface area contributed by atoms with Gasteiger partial charge in [-0.3, -0.25) is 0 Å². The molecule has 0 bridgehead atoms. The predicted molar refractivity (Wildman–Crippen MR) is 83.0 cm³/mol. The molecule has 6 heteroatoms. The summed E-state index contributed by atoms with van der Waals surface area (Å²) in [5, 5.41) is 16.4. The first-order chi connectivity index (χ1) is 9.29. The molecule has 119 valence electrons. The quantitative estimate of drug-likeness (QED) is 0.513. The van der Waals surface area contributed by atoms with Gasteiger partial charge in [0, 0.05) is 0 Å². The summed E-state index contributed by atoms with van der Waals surface area (Å²) in [7, 11) is -1.41. The fourth-order valence-electron chi connectivity index (χ4n) is 3.55. The molecule has 1 aliphatic carbocycles. The molecule has 0 aromatic heterocycles. The van der Waals surface area contributed by atoms with Crippen LogP contribution < -0.4 is 30.1 Å². The zero-order valence-electron chi connectivity index (χ0n) is 13.4. The molecule has 2 atom stereocenters. The number of anilines is 1. The minimum atomic E-state index is -1.41. The number of fused-ring (bicyclic) bond motifs is 2. The van der Waals surface area contributed by atoms with Crippen LogP contribution in [0.2, 0.25) is 12.6 Å². The zero-order valence-corrected chi connectivity index (χ0v) is 18.4. The summed E-state index contributed by atoms with van der Waals surface area (Å²) >= 11 is 1.59. The van der Waals surface area contributed by atoms with E-state index in [1.807, 2.05) is 0 Å². The SMILES string of the molecule is CC(C)(C)Nc1cccc2c1C1=C([CH]2[Zr+2])[Si]1(C)CCO.[Cl-].[Cl-]. The number of aliphatic hydroxyl groups excluding tert-OH is 1. The Morgan fingerprint density at radius 2 is 1.91 bits per heavy atom. The first-order valence-corrected chi connectivity index (χ1v) is 11.4. The Kier molecular flexibility index (Phi) is 6.25. The van der Waals surface area contributed by atoms with Gasteiger partial charge in [-0.2, -0.15) is 0 Å². The number of allylic oxidation sites excluding steroid dienone is 1. The molecule has 0 amide bonds. The molecular formula is C16H22Cl2NOSiZr. The maximum Gasteiger partial charge on any atom is -1.00 e. The van der Waals surface area contributed by atoms with Crippen LogP contribution >= 0.6 is 0 Å². The third-order valence-electron chi connectivity index (χ3n) is 4.42. The van der Waals surface area contributed by atoms with Gasteiger partial charge in [0.25, 0.3) is 0 Å². The maximum atomic E-state index is 9.39. The number of aliphatic hydroxyl groups is 1. The van der Waals surface area contributed by atoms with Crippen molar-refractivity contribution in [3.8, 4) is 0 Å². The summed E-state index contributed by atoms with van der Waals surface area (Å²) in [6, 6.07) is 7.70. The van der Waals surface area contributed by atoms with Gasteiger partial charge in [-0.15, -0.1) is 0 Å². The van der Waals surface area contributed by atoms with E-state index in [2.05, 4.69) is 50.8 Å². The van der Waals surface area contributed by atoms with Gasteiger partial charge in [0.15, 0.2) is 0 Å². The van der Waals surface area contributed by atoms with Gasteiger partial charge >= 0.3 is 138 Å². The molecule has 22 heavy (non-hydrogen) atoms. The largest absolute Gasteiger partial charge is 1.00 e. The minimum absolute atomic E-state index is 0.